The van der Waals surface area contributed by atoms with Crippen LogP contribution < -0.4 is 14.4 Å². The van der Waals surface area contributed by atoms with Gasteiger partial charge in [-0.3, -0.25) is 9.10 Å². The Morgan fingerprint density at radius 3 is 2.15 bits per heavy atom. The van der Waals surface area contributed by atoms with Gasteiger partial charge in [0.25, 0.3) is 10.0 Å². The largest absolute Gasteiger partial charge is 0.497 e. The molecule has 0 saturated carbocycles. The number of methoxy groups -OCH3 is 1. The zero-order valence-corrected chi connectivity index (χ0v) is 16.9. The van der Waals surface area contributed by atoms with Crippen molar-refractivity contribution in [1.82, 2.24) is 5.32 Å². The van der Waals surface area contributed by atoms with Crippen molar-refractivity contribution in [1.29, 1.82) is 0 Å². The van der Waals surface area contributed by atoms with Crippen LogP contribution in [-0.2, 0) is 14.8 Å². The van der Waals surface area contributed by atoms with Crippen molar-refractivity contribution in [2.24, 2.45) is 5.92 Å². The van der Waals surface area contributed by atoms with Gasteiger partial charge in [0.1, 0.15) is 12.3 Å². The molecule has 2 aromatic rings. The van der Waals surface area contributed by atoms with Crippen LogP contribution in [0.1, 0.15) is 20.8 Å². The summed E-state index contributed by atoms with van der Waals surface area (Å²) >= 11 is 0. The van der Waals surface area contributed by atoms with Crippen LogP contribution in [0.25, 0.3) is 0 Å². The number of sulfonamides is 1. The third-order valence-corrected chi connectivity index (χ3v) is 6.16. The number of amides is 1. The lowest BCUT2D eigenvalue weighted by Crippen LogP contribution is -2.45. The summed E-state index contributed by atoms with van der Waals surface area (Å²) in [6.45, 7) is 5.58. The molecule has 0 bridgehead atoms. The molecule has 0 aromatic heterocycles. The van der Waals surface area contributed by atoms with Crippen LogP contribution in [0.2, 0.25) is 0 Å². The lowest BCUT2D eigenvalue weighted by molar-refractivity contribution is -0.120. The average Bonchev–Trinajstić information content (AvgIpc) is 2.66. The van der Waals surface area contributed by atoms with E-state index in [1.54, 1.807) is 42.5 Å². The Labute approximate surface area is 161 Å². The molecule has 2 aromatic carbocycles. The molecule has 2 rings (SSSR count). The van der Waals surface area contributed by atoms with E-state index in [1.165, 1.54) is 19.2 Å². The van der Waals surface area contributed by atoms with E-state index in [1.807, 2.05) is 20.8 Å². The molecule has 0 heterocycles. The van der Waals surface area contributed by atoms with E-state index in [9.17, 15) is 13.2 Å². The minimum absolute atomic E-state index is 0.0605. The molecule has 7 heteroatoms. The lowest BCUT2D eigenvalue weighted by atomic mass is 10.1. The molecular weight excluding hydrogens is 364 g/mol. The maximum Gasteiger partial charge on any atom is 0.264 e. The number of benzene rings is 2. The quantitative estimate of drug-likeness (QED) is 0.752. The Kier molecular flexibility index (Phi) is 6.85. The lowest BCUT2D eigenvalue weighted by Gasteiger charge is -2.26. The third kappa shape index (κ3) is 5.23. The number of nitrogens with zero attached hydrogens (tertiary/aromatic N) is 1. The molecule has 1 atom stereocenters. The number of carbonyl (C=O) groups excluding carboxylic acids is 1. The maximum atomic E-state index is 13.2. The first-order valence-corrected chi connectivity index (χ1v) is 10.2. The van der Waals surface area contributed by atoms with Crippen molar-refractivity contribution in [3.05, 3.63) is 54.6 Å². The van der Waals surface area contributed by atoms with Crippen LogP contribution in [0.4, 0.5) is 5.69 Å². The monoisotopic (exact) mass is 390 g/mol. The zero-order chi connectivity index (χ0) is 20.0. The highest BCUT2D eigenvalue weighted by molar-refractivity contribution is 7.92. The smallest absolute Gasteiger partial charge is 0.264 e. The van der Waals surface area contributed by atoms with Crippen LogP contribution >= 0.6 is 0 Å². The number of hydrogen-bond acceptors (Lipinski definition) is 4. The van der Waals surface area contributed by atoms with Crippen LogP contribution in [0.3, 0.4) is 0 Å². The first-order valence-electron chi connectivity index (χ1n) is 8.77. The topological polar surface area (TPSA) is 75.7 Å². The molecule has 1 amide bonds. The molecule has 0 aliphatic carbocycles. The molecule has 146 valence electrons. The Morgan fingerprint density at radius 2 is 1.63 bits per heavy atom. The second-order valence-corrected chi connectivity index (χ2v) is 8.49. The van der Waals surface area contributed by atoms with Gasteiger partial charge in [-0.2, -0.15) is 0 Å². The summed E-state index contributed by atoms with van der Waals surface area (Å²) in [4.78, 5) is 12.6. The van der Waals surface area contributed by atoms with E-state index in [0.717, 1.165) is 4.31 Å². The van der Waals surface area contributed by atoms with Gasteiger partial charge in [-0.25, -0.2) is 8.42 Å². The van der Waals surface area contributed by atoms with E-state index in [-0.39, 0.29) is 29.3 Å². The first-order chi connectivity index (χ1) is 12.8. The van der Waals surface area contributed by atoms with Crippen molar-refractivity contribution < 1.29 is 17.9 Å². The second-order valence-electron chi connectivity index (χ2n) is 6.62. The molecular formula is C20H26N2O4S. The van der Waals surface area contributed by atoms with Crippen molar-refractivity contribution in [2.45, 2.75) is 31.7 Å². The van der Waals surface area contributed by atoms with E-state index >= 15 is 0 Å². The van der Waals surface area contributed by atoms with Gasteiger partial charge < -0.3 is 10.1 Å². The van der Waals surface area contributed by atoms with E-state index in [4.69, 9.17) is 4.74 Å². The Hall–Kier alpha value is -2.54. The molecule has 1 N–H and O–H groups in total. The van der Waals surface area contributed by atoms with E-state index in [0.29, 0.717) is 11.4 Å². The molecule has 0 radical (unpaired) electrons. The molecule has 0 saturated heterocycles. The number of nitrogens with one attached hydrogen (secondary N) is 1. The second kappa shape index (κ2) is 8.90. The minimum Gasteiger partial charge on any atom is -0.497 e. The molecule has 0 aliphatic rings. The van der Waals surface area contributed by atoms with Gasteiger partial charge in [-0.1, -0.05) is 32.0 Å². The molecule has 0 spiro atoms. The average molecular weight is 391 g/mol. The summed E-state index contributed by atoms with van der Waals surface area (Å²) < 4.78 is 32.6. The number of rotatable bonds is 8. The summed E-state index contributed by atoms with van der Waals surface area (Å²) in [7, 11) is -2.36. The number of anilines is 1. The van der Waals surface area contributed by atoms with Gasteiger partial charge in [-0.15, -0.1) is 0 Å². The molecule has 0 aliphatic heterocycles. The highest BCUT2D eigenvalue weighted by Crippen LogP contribution is 2.25. The number of ether oxygens (including phenoxy) is 1. The van der Waals surface area contributed by atoms with Crippen molar-refractivity contribution >= 4 is 21.6 Å². The fourth-order valence-electron chi connectivity index (χ4n) is 2.38. The van der Waals surface area contributed by atoms with E-state index < -0.39 is 10.0 Å². The van der Waals surface area contributed by atoms with Gasteiger partial charge in [-0.05, 0) is 49.2 Å². The minimum atomic E-state index is -3.89. The van der Waals surface area contributed by atoms with Gasteiger partial charge in [0.15, 0.2) is 0 Å². The highest BCUT2D eigenvalue weighted by Gasteiger charge is 2.27. The SMILES string of the molecule is COc1ccc(N(CC(=O)N[C@H](C)C(C)C)S(=O)(=O)c2ccccc2)cc1. The normalized spacial score (nSPS) is 12.5. The summed E-state index contributed by atoms with van der Waals surface area (Å²) in [6, 6.07) is 14.6. The molecule has 0 fully saturated rings. The fraction of sp³-hybridized carbons (Fsp3) is 0.350. The van der Waals surface area contributed by atoms with Crippen LogP contribution in [-0.4, -0.2) is 34.0 Å². The van der Waals surface area contributed by atoms with E-state index in [2.05, 4.69) is 5.32 Å². The molecule has 6 nitrogen and oxygen atoms in total. The van der Waals surface area contributed by atoms with Gasteiger partial charge in [0.2, 0.25) is 5.91 Å². The first kappa shape index (κ1) is 20.8. The third-order valence-electron chi connectivity index (χ3n) is 4.37. The summed E-state index contributed by atoms with van der Waals surface area (Å²) in [5.74, 6) is 0.495. The van der Waals surface area contributed by atoms with Crippen LogP contribution in [0.5, 0.6) is 5.75 Å². The number of hydrogen-bond donors (Lipinski definition) is 1. The fourth-order valence-corrected chi connectivity index (χ4v) is 3.82. The van der Waals surface area contributed by atoms with Crippen molar-refractivity contribution in [2.75, 3.05) is 18.0 Å². The highest BCUT2D eigenvalue weighted by atomic mass is 32.2. The predicted molar refractivity (Wildman–Crippen MR) is 106 cm³/mol. The summed E-state index contributed by atoms with van der Waals surface area (Å²) in [6.07, 6.45) is 0. The predicted octanol–water partition coefficient (Wildman–Crippen LogP) is 3.05. The van der Waals surface area contributed by atoms with Crippen LogP contribution in [0.15, 0.2) is 59.5 Å². The zero-order valence-electron chi connectivity index (χ0n) is 16.0. The standard InChI is InChI=1S/C20H26N2O4S/c1-15(2)16(3)21-20(23)14-22(17-10-12-18(26-4)13-11-17)27(24,25)19-8-6-5-7-9-19/h5-13,15-16H,14H2,1-4H3,(H,21,23)/t16-/m1/s1. The summed E-state index contributed by atoms with van der Waals surface area (Å²) in [5.41, 5.74) is 0.395. The van der Waals surface area contributed by atoms with Crippen LogP contribution in [0, 0.1) is 5.92 Å². The molecule has 0 unspecified atom stereocenters. The van der Waals surface area contributed by atoms with Crippen molar-refractivity contribution in [3.63, 3.8) is 0 Å². The Bertz CT molecular complexity index is 849. The Balaban J connectivity index is 2.37. The van der Waals surface area contributed by atoms with Gasteiger partial charge in [0.05, 0.1) is 17.7 Å². The van der Waals surface area contributed by atoms with Gasteiger partial charge >= 0.3 is 0 Å². The maximum absolute atomic E-state index is 13.2. The van der Waals surface area contributed by atoms with Gasteiger partial charge in [0, 0.05) is 6.04 Å². The van der Waals surface area contributed by atoms with Crippen molar-refractivity contribution in [3.8, 4) is 5.75 Å². The molecule has 27 heavy (non-hydrogen) atoms. The summed E-state index contributed by atoms with van der Waals surface area (Å²) in [5, 5.41) is 2.86. The number of carbonyl (C=O) groups is 1. The Morgan fingerprint density at radius 1 is 1.04 bits per heavy atom.